The minimum atomic E-state index is -0.367. The molecule has 0 atom stereocenters. The van der Waals surface area contributed by atoms with Crippen molar-refractivity contribution < 1.29 is 57.0 Å². The van der Waals surface area contributed by atoms with E-state index in [0.717, 1.165) is 6.29 Å². The number of likely N-dealkylation sites (N-methyl/N-ethyl adjacent to an activating group) is 1. The van der Waals surface area contributed by atoms with E-state index in [1.165, 1.54) is 27.2 Å². The average Bonchev–Trinajstić information content (AvgIpc) is 3.53. The standard InChI is InChI=1S/C41H55NO12/c1-42(41(44)54-33-40-38-8-4-2-6-36(38)37-7-3-5-9-39(37)40)14-15-45-16-17-46-18-19-47-20-21-48-22-23-49-24-25-50-26-27-51-28-29-52-30-31-53-35-12-10-34(32-43)11-13-35/h2-13,32,40H,14-31,33H2,1H3. The van der Waals surface area contributed by atoms with E-state index in [-0.39, 0.29) is 12.0 Å². The van der Waals surface area contributed by atoms with E-state index in [1.807, 2.05) is 24.3 Å². The van der Waals surface area contributed by atoms with Crippen LogP contribution in [-0.2, 0) is 42.6 Å². The lowest BCUT2D eigenvalue weighted by molar-refractivity contribution is -0.0238. The number of carbonyl (C=O) groups excluding carboxylic acids is 2. The van der Waals surface area contributed by atoms with Crippen LogP contribution in [0.15, 0.2) is 72.8 Å². The lowest BCUT2D eigenvalue weighted by Crippen LogP contribution is -2.32. The third-order valence-corrected chi connectivity index (χ3v) is 8.34. The summed E-state index contributed by atoms with van der Waals surface area (Å²) in [4.78, 5) is 24.8. The molecule has 0 unspecified atom stereocenters. The maximum absolute atomic E-state index is 12.6. The normalized spacial score (nSPS) is 12.0. The van der Waals surface area contributed by atoms with Crippen LogP contribution in [0.25, 0.3) is 11.1 Å². The fraction of sp³-hybridized carbons (Fsp3) is 0.512. The molecular formula is C41H55NO12. The van der Waals surface area contributed by atoms with Gasteiger partial charge in [0.2, 0.25) is 0 Å². The lowest BCUT2D eigenvalue weighted by atomic mass is 9.98. The van der Waals surface area contributed by atoms with Gasteiger partial charge >= 0.3 is 6.09 Å². The maximum atomic E-state index is 12.6. The molecule has 4 rings (SSSR count). The number of carbonyl (C=O) groups is 2. The Bertz CT molecular complexity index is 1410. The summed E-state index contributed by atoms with van der Waals surface area (Å²) < 4.78 is 55.4. The highest BCUT2D eigenvalue weighted by atomic mass is 16.6. The van der Waals surface area contributed by atoms with Crippen molar-refractivity contribution in [1.29, 1.82) is 0 Å². The van der Waals surface area contributed by atoms with Gasteiger partial charge < -0.3 is 52.3 Å². The van der Waals surface area contributed by atoms with Crippen LogP contribution in [0, 0.1) is 0 Å². The second-order valence-electron chi connectivity index (χ2n) is 12.2. The van der Waals surface area contributed by atoms with Gasteiger partial charge in [-0.15, -0.1) is 0 Å². The third kappa shape index (κ3) is 16.2. The Morgan fingerprint density at radius 1 is 0.537 bits per heavy atom. The van der Waals surface area contributed by atoms with Crippen LogP contribution in [0.4, 0.5) is 4.79 Å². The Hall–Kier alpha value is -3.92. The van der Waals surface area contributed by atoms with Crippen LogP contribution < -0.4 is 4.74 Å². The zero-order chi connectivity index (χ0) is 37.9. The van der Waals surface area contributed by atoms with Gasteiger partial charge in [-0.2, -0.15) is 0 Å². The highest BCUT2D eigenvalue weighted by Crippen LogP contribution is 2.44. The molecular weight excluding hydrogens is 698 g/mol. The summed E-state index contributed by atoms with van der Waals surface area (Å²) in [6.07, 6.45) is 0.430. The fourth-order valence-corrected chi connectivity index (χ4v) is 5.50. The second kappa shape index (κ2) is 26.8. The van der Waals surface area contributed by atoms with Gasteiger partial charge in [-0.3, -0.25) is 4.79 Å². The molecule has 0 saturated heterocycles. The Kier molecular flexibility index (Phi) is 21.2. The SMILES string of the molecule is CN(CCOCCOCCOCCOCCOCCOCCOCCOCCOc1ccc(C=O)cc1)C(=O)OCC1c2ccccc2-c2ccccc21. The molecule has 0 saturated carbocycles. The van der Waals surface area contributed by atoms with Gasteiger partial charge in [0, 0.05) is 25.1 Å². The Labute approximate surface area is 318 Å². The quantitative estimate of drug-likeness (QED) is 0.0656. The molecule has 1 amide bonds. The predicted octanol–water partition coefficient (Wildman–Crippen LogP) is 4.89. The molecule has 3 aromatic rings. The first-order valence-electron chi connectivity index (χ1n) is 18.5. The van der Waals surface area contributed by atoms with E-state index in [2.05, 4.69) is 24.3 Å². The molecule has 296 valence electrons. The summed E-state index contributed by atoms with van der Waals surface area (Å²) in [5.74, 6) is 0.736. The molecule has 0 heterocycles. The van der Waals surface area contributed by atoms with E-state index in [4.69, 9.17) is 47.4 Å². The molecule has 3 aromatic carbocycles. The smallest absolute Gasteiger partial charge is 0.409 e. The van der Waals surface area contributed by atoms with E-state index in [1.54, 1.807) is 31.3 Å². The molecule has 0 aromatic heterocycles. The van der Waals surface area contributed by atoms with Gasteiger partial charge in [0.25, 0.3) is 0 Å². The van der Waals surface area contributed by atoms with Gasteiger partial charge in [0.1, 0.15) is 25.2 Å². The highest BCUT2D eigenvalue weighted by Gasteiger charge is 2.29. The number of nitrogens with zero attached hydrogens (tertiary/aromatic N) is 1. The minimum absolute atomic E-state index is 0.0361. The summed E-state index contributed by atoms with van der Waals surface area (Å²) in [6, 6.07) is 23.5. The van der Waals surface area contributed by atoms with E-state index < -0.39 is 0 Å². The number of aldehydes is 1. The topological polar surface area (TPSA) is 130 Å². The van der Waals surface area contributed by atoms with Gasteiger partial charge in [0.15, 0.2) is 0 Å². The van der Waals surface area contributed by atoms with Crippen molar-refractivity contribution in [3.63, 3.8) is 0 Å². The Balaban J connectivity index is 0.825. The zero-order valence-corrected chi connectivity index (χ0v) is 31.4. The first kappa shape index (κ1) is 42.8. The Morgan fingerprint density at radius 2 is 0.926 bits per heavy atom. The van der Waals surface area contributed by atoms with Gasteiger partial charge in [-0.1, -0.05) is 48.5 Å². The lowest BCUT2D eigenvalue weighted by Gasteiger charge is -2.19. The number of ether oxygens (including phenoxy) is 10. The van der Waals surface area contributed by atoms with Crippen molar-refractivity contribution in [2.45, 2.75) is 5.92 Å². The molecule has 0 bridgehead atoms. The average molecular weight is 754 g/mol. The molecule has 0 spiro atoms. The molecule has 0 radical (unpaired) electrons. The van der Waals surface area contributed by atoms with Crippen molar-refractivity contribution in [3.05, 3.63) is 89.5 Å². The Morgan fingerprint density at radius 3 is 1.35 bits per heavy atom. The molecule has 0 aliphatic heterocycles. The van der Waals surface area contributed by atoms with Crippen molar-refractivity contribution in [3.8, 4) is 16.9 Å². The predicted molar refractivity (Wildman–Crippen MR) is 202 cm³/mol. The molecule has 13 heteroatoms. The zero-order valence-electron chi connectivity index (χ0n) is 31.4. The number of benzene rings is 3. The number of amides is 1. The van der Waals surface area contributed by atoms with Crippen LogP contribution in [0.5, 0.6) is 5.75 Å². The molecule has 0 N–H and O–H groups in total. The molecule has 1 aliphatic carbocycles. The van der Waals surface area contributed by atoms with Gasteiger partial charge in [-0.25, -0.2) is 4.79 Å². The maximum Gasteiger partial charge on any atom is 0.409 e. The minimum Gasteiger partial charge on any atom is -0.491 e. The first-order valence-corrected chi connectivity index (χ1v) is 18.5. The van der Waals surface area contributed by atoms with Crippen molar-refractivity contribution in [2.75, 3.05) is 133 Å². The van der Waals surface area contributed by atoms with Crippen molar-refractivity contribution in [2.24, 2.45) is 0 Å². The third-order valence-electron chi connectivity index (χ3n) is 8.34. The van der Waals surface area contributed by atoms with E-state index in [0.29, 0.717) is 137 Å². The molecule has 54 heavy (non-hydrogen) atoms. The summed E-state index contributed by atoms with van der Waals surface area (Å²) >= 11 is 0. The first-order chi connectivity index (χ1) is 26.7. The second-order valence-corrected chi connectivity index (χ2v) is 12.2. The fourth-order valence-electron chi connectivity index (χ4n) is 5.50. The van der Waals surface area contributed by atoms with Gasteiger partial charge in [-0.05, 0) is 46.5 Å². The van der Waals surface area contributed by atoms with E-state index in [9.17, 15) is 9.59 Å². The van der Waals surface area contributed by atoms with Crippen LogP contribution in [0.1, 0.15) is 27.4 Å². The molecule has 1 aliphatic rings. The van der Waals surface area contributed by atoms with Crippen molar-refractivity contribution in [1.82, 2.24) is 4.90 Å². The van der Waals surface area contributed by atoms with Crippen molar-refractivity contribution >= 4 is 12.4 Å². The summed E-state index contributed by atoms with van der Waals surface area (Å²) in [7, 11) is 1.71. The van der Waals surface area contributed by atoms with Crippen LogP contribution >= 0.6 is 0 Å². The van der Waals surface area contributed by atoms with Gasteiger partial charge in [0.05, 0.1) is 106 Å². The molecule has 0 fully saturated rings. The highest BCUT2D eigenvalue weighted by molar-refractivity contribution is 5.79. The summed E-state index contributed by atoms with van der Waals surface area (Å²) in [5.41, 5.74) is 5.40. The summed E-state index contributed by atoms with van der Waals surface area (Å²) in [6.45, 7) is 8.58. The number of rotatable bonds is 31. The van der Waals surface area contributed by atoms with Crippen LogP contribution in [0.3, 0.4) is 0 Å². The monoisotopic (exact) mass is 753 g/mol. The summed E-state index contributed by atoms with van der Waals surface area (Å²) in [5, 5.41) is 0. The largest absolute Gasteiger partial charge is 0.491 e. The van der Waals surface area contributed by atoms with E-state index >= 15 is 0 Å². The number of hydrogen-bond acceptors (Lipinski definition) is 12. The molecule has 13 nitrogen and oxygen atoms in total. The number of fused-ring (bicyclic) bond motifs is 3. The number of hydrogen-bond donors (Lipinski definition) is 0. The van der Waals surface area contributed by atoms with Crippen LogP contribution in [0.2, 0.25) is 0 Å². The van der Waals surface area contributed by atoms with Crippen LogP contribution in [-0.4, -0.2) is 150 Å².